The molecule has 2 N–H and O–H groups in total. The Kier molecular flexibility index (Phi) is 6.02. The summed E-state index contributed by atoms with van der Waals surface area (Å²) >= 11 is 0. The fraction of sp³-hybridized carbons (Fsp3) is 0.647. The molecule has 1 aromatic rings. The topological polar surface area (TPSA) is 32.3 Å². The molecule has 19 heavy (non-hydrogen) atoms. The summed E-state index contributed by atoms with van der Waals surface area (Å²) in [6.07, 6.45) is 0.412. The van der Waals surface area contributed by atoms with E-state index in [-0.39, 0.29) is 6.10 Å². The van der Waals surface area contributed by atoms with E-state index >= 15 is 0 Å². The molecule has 0 heterocycles. The van der Waals surface area contributed by atoms with E-state index in [2.05, 4.69) is 52.9 Å². The Morgan fingerprint density at radius 3 is 2.05 bits per heavy atom. The van der Waals surface area contributed by atoms with E-state index in [1.807, 2.05) is 0 Å². The molecule has 0 aliphatic rings. The summed E-state index contributed by atoms with van der Waals surface area (Å²) in [5.41, 5.74) is 6.14. The highest BCUT2D eigenvalue weighted by Crippen LogP contribution is 2.28. The Bertz CT molecular complexity index is 398. The van der Waals surface area contributed by atoms with Gasteiger partial charge in [0.25, 0.3) is 0 Å². The number of aryl methyl sites for hydroxylation is 2. The number of hydrogen-bond donors (Lipinski definition) is 2. The molecule has 0 amide bonds. The van der Waals surface area contributed by atoms with Crippen molar-refractivity contribution in [1.29, 1.82) is 0 Å². The molecule has 1 unspecified atom stereocenters. The van der Waals surface area contributed by atoms with Crippen LogP contribution in [0.25, 0.3) is 0 Å². The molecule has 0 bridgehead atoms. The summed E-state index contributed by atoms with van der Waals surface area (Å²) in [5.74, 6) is 0.654. The molecule has 1 rings (SSSR count). The van der Waals surface area contributed by atoms with Crippen LogP contribution in [0.4, 0.5) is 0 Å². The van der Waals surface area contributed by atoms with Gasteiger partial charge >= 0.3 is 0 Å². The summed E-state index contributed by atoms with van der Waals surface area (Å²) in [4.78, 5) is 0. The van der Waals surface area contributed by atoms with Crippen LogP contribution in [0.2, 0.25) is 0 Å². The smallest absolute Gasteiger partial charge is 0.0807 e. The van der Waals surface area contributed by atoms with Crippen molar-refractivity contribution in [3.63, 3.8) is 0 Å². The molecule has 1 aromatic carbocycles. The Balaban J connectivity index is 2.74. The van der Waals surface area contributed by atoms with Gasteiger partial charge in [-0.3, -0.25) is 0 Å². The Labute approximate surface area is 118 Å². The van der Waals surface area contributed by atoms with Crippen LogP contribution in [0.3, 0.4) is 0 Å². The largest absolute Gasteiger partial charge is 0.388 e. The van der Waals surface area contributed by atoms with Gasteiger partial charge in [-0.15, -0.1) is 0 Å². The first-order chi connectivity index (χ1) is 8.84. The van der Waals surface area contributed by atoms with Crippen LogP contribution in [-0.4, -0.2) is 18.2 Å². The quantitative estimate of drug-likeness (QED) is 0.769. The van der Waals surface area contributed by atoms with Crippen molar-refractivity contribution in [2.45, 2.75) is 54.1 Å². The summed E-state index contributed by atoms with van der Waals surface area (Å²) in [6, 6.07) is 2.21. The first-order valence-corrected chi connectivity index (χ1v) is 7.30. The number of benzene rings is 1. The molecule has 108 valence electrons. The third-order valence-electron chi connectivity index (χ3n) is 3.90. The van der Waals surface area contributed by atoms with Crippen molar-refractivity contribution in [2.75, 3.05) is 13.1 Å². The molecule has 0 saturated carbocycles. The first-order valence-electron chi connectivity index (χ1n) is 7.30. The first kappa shape index (κ1) is 16.2. The van der Waals surface area contributed by atoms with E-state index in [0.29, 0.717) is 5.92 Å². The van der Waals surface area contributed by atoms with Crippen molar-refractivity contribution in [3.05, 3.63) is 33.9 Å². The normalized spacial score (nSPS) is 13.1. The van der Waals surface area contributed by atoms with Gasteiger partial charge in [0.1, 0.15) is 0 Å². The third kappa shape index (κ3) is 4.32. The van der Waals surface area contributed by atoms with Crippen molar-refractivity contribution in [1.82, 2.24) is 5.32 Å². The van der Waals surface area contributed by atoms with E-state index in [1.165, 1.54) is 22.3 Å². The van der Waals surface area contributed by atoms with Crippen LogP contribution < -0.4 is 5.32 Å². The van der Waals surface area contributed by atoms with Gasteiger partial charge in [-0.25, -0.2) is 0 Å². The van der Waals surface area contributed by atoms with Gasteiger partial charge in [0.2, 0.25) is 0 Å². The molecule has 0 fully saturated rings. The lowest BCUT2D eigenvalue weighted by Crippen LogP contribution is -2.22. The predicted octanol–water partition coefficient (Wildman–Crippen LogP) is 3.59. The average Bonchev–Trinajstić information content (AvgIpc) is 2.32. The minimum atomic E-state index is -0.363. The van der Waals surface area contributed by atoms with Gasteiger partial charge in [0.05, 0.1) is 6.10 Å². The molecule has 2 nitrogen and oxygen atoms in total. The van der Waals surface area contributed by atoms with Gasteiger partial charge in [0, 0.05) is 0 Å². The van der Waals surface area contributed by atoms with E-state index in [9.17, 15) is 5.11 Å². The summed E-state index contributed by atoms with van der Waals surface area (Å²) < 4.78 is 0. The molecule has 0 radical (unpaired) electrons. The Morgan fingerprint density at radius 2 is 1.58 bits per heavy atom. The third-order valence-corrected chi connectivity index (χ3v) is 3.90. The van der Waals surface area contributed by atoms with Gasteiger partial charge < -0.3 is 10.4 Å². The zero-order valence-electron chi connectivity index (χ0n) is 13.3. The number of rotatable bonds is 6. The van der Waals surface area contributed by atoms with Crippen molar-refractivity contribution in [3.8, 4) is 0 Å². The van der Waals surface area contributed by atoms with Crippen molar-refractivity contribution < 1.29 is 5.11 Å². The number of nitrogens with one attached hydrogen (secondary N) is 1. The molecule has 0 aliphatic carbocycles. The maximum Gasteiger partial charge on any atom is 0.0807 e. The van der Waals surface area contributed by atoms with Crippen molar-refractivity contribution >= 4 is 0 Å². The second-order valence-electron chi connectivity index (χ2n) is 6.08. The van der Waals surface area contributed by atoms with E-state index < -0.39 is 0 Å². The van der Waals surface area contributed by atoms with Crippen molar-refractivity contribution in [2.24, 2.45) is 5.92 Å². The Morgan fingerprint density at radius 1 is 1.05 bits per heavy atom. The van der Waals surface area contributed by atoms with Gasteiger partial charge in [-0.1, -0.05) is 19.9 Å². The molecule has 0 spiro atoms. The lowest BCUT2D eigenvalue weighted by molar-refractivity contribution is 0.165. The lowest BCUT2D eigenvalue weighted by atomic mass is 9.90. The predicted molar refractivity (Wildman–Crippen MR) is 82.7 cm³/mol. The fourth-order valence-electron chi connectivity index (χ4n) is 2.52. The maximum atomic E-state index is 10.5. The standard InChI is InChI=1S/C17H29NO/c1-11(2)10-18-8-7-16(19)17-14(5)12(3)9-13(4)15(17)6/h9,11,16,18-19H,7-8,10H2,1-6H3. The van der Waals surface area contributed by atoms with E-state index in [1.54, 1.807) is 0 Å². The van der Waals surface area contributed by atoms with Crippen LogP contribution in [-0.2, 0) is 0 Å². The number of aliphatic hydroxyl groups is 1. The molecule has 1 atom stereocenters. The van der Waals surface area contributed by atoms with Gasteiger partial charge in [0.15, 0.2) is 0 Å². The van der Waals surface area contributed by atoms with Crippen LogP contribution in [0.15, 0.2) is 6.07 Å². The molecule has 0 saturated heterocycles. The maximum absolute atomic E-state index is 10.5. The summed E-state index contributed by atoms with van der Waals surface area (Å²) in [7, 11) is 0. The van der Waals surface area contributed by atoms with E-state index in [0.717, 1.165) is 25.1 Å². The molecule has 2 heteroatoms. The minimum absolute atomic E-state index is 0.363. The highest BCUT2D eigenvalue weighted by Gasteiger charge is 2.16. The molecule has 0 aromatic heterocycles. The summed E-state index contributed by atoms with van der Waals surface area (Å²) in [5, 5.41) is 13.8. The van der Waals surface area contributed by atoms with Crippen LogP contribution >= 0.6 is 0 Å². The minimum Gasteiger partial charge on any atom is -0.388 e. The second-order valence-corrected chi connectivity index (χ2v) is 6.08. The number of hydrogen-bond acceptors (Lipinski definition) is 2. The average molecular weight is 263 g/mol. The molecular formula is C17H29NO. The highest BCUT2D eigenvalue weighted by molar-refractivity contribution is 5.45. The molecular weight excluding hydrogens is 234 g/mol. The zero-order chi connectivity index (χ0) is 14.6. The number of aliphatic hydroxyl groups excluding tert-OH is 1. The van der Waals surface area contributed by atoms with Crippen LogP contribution in [0.1, 0.15) is 54.2 Å². The van der Waals surface area contributed by atoms with Gasteiger partial charge in [-0.2, -0.15) is 0 Å². The highest BCUT2D eigenvalue weighted by atomic mass is 16.3. The van der Waals surface area contributed by atoms with Crippen LogP contribution in [0.5, 0.6) is 0 Å². The second kappa shape index (κ2) is 7.06. The van der Waals surface area contributed by atoms with Crippen LogP contribution in [0, 0.1) is 33.6 Å². The SMILES string of the molecule is Cc1cc(C)c(C)c(C(O)CCNCC(C)C)c1C. The lowest BCUT2D eigenvalue weighted by Gasteiger charge is -2.20. The molecule has 0 aliphatic heterocycles. The monoisotopic (exact) mass is 263 g/mol. The summed E-state index contributed by atoms with van der Waals surface area (Å²) in [6.45, 7) is 14.7. The Hall–Kier alpha value is -0.860. The fourth-order valence-corrected chi connectivity index (χ4v) is 2.52. The van der Waals surface area contributed by atoms with E-state index in [4.69, 9.17) is 0 Å². The van der Waals surface area contributed by atoms with Gasteiger partial charge in [-0.05, 0) is 80.9 Å². The zero-order valence-corrected chi connectivity index (χ0v) is 13.3.